The van der Waals surface area contributed by atoms with Gasteiger partial charge in [0.2, 0.25) is 5.91 Å². The molecule has 8 heteroatoms. The Kier molecular flexibility index (Phi) is 10.1. The number of benzene rings is 2. The molecule has 2 aromatic carbocycles. The third-order valence-electron chi connectivity index (χ3n) is 9.38. The number of halogens is 1. The minimum Gasteiger partial charge on any atom is -0.490 e. The molecule has 246 valence electrons. The van der Waals surface area contributed by atoms with Crippen molar-refractivity contribution in [3.05, 3.63) is 65.5 Å². The van der Waals surface area contributed by atoms with E-state index in [9.17, 15) is 9.59 Å². The molecule has 3 fully saturated rings. The third-order valence-corrected chi connectivity index (χ3v) is 9.38. The van der Waals surface area contributed by atoms with Crippen LogP contribution >= 0.6 is 0 Å². The fourth-order valence-electron chi connectivity index (χ4n) is 6.63. The zero-order valence-electron chi connectivity index (χ0n) is 28.1. The molecular formula is C37H52FN3O4. The van der Waals surface area contributed by atoms with E-state index in [1.165, 1.54) is 0 Å². The molecule has 2 amide bonds. The van der Waals surface area contributed by atoms with Crippen LogP contribution in [0.4, 0.5) is 9.18 Å². The lowest BCUT2D eigenvalue weighted by Crippen LogP contribution is -2.60. The highest BCUT2D eigenvalue weighted by molar-refractivity contribution is 5.77. The van der Waals surface area contributed by atoms with Gasteiger partial charge in [-0.1, -0.05) is 57.2 Å². The third kappa shape index (κ3) is 8.78. The van der Waals surface area contributed by atoms with Crippen molar-refractivity contribution < 1.29 is 23.5 Å². The number of hydrogen-bond donors (Lipinski definition) is 0. The summed E-state index contributed by atoms with van der Waals surface area (Å²) < 4.78 is 26.7. The van der Waals surface area contributed by atoms with Crippen molar-refractivity contribution in [2.24, 2.45) is 17.3 Å². The molecule has 0 spiro atoms. The SMILES string of the molecule is CC(C)(C)OC(=O)N1CCC(CC(=O)N2CCN(C(c3ccccc3)c3ccc(OCC4CC4)c(F)c3)C[C@@H]2C(C)(C)C)CC1. The number of rotatable bonds is 8. The summed E-state index contributed by atoms with van der Waals surface area (Å²) in [6, 6.07) is 15.5. The topological polar surface area (TPSA) is 62.3 Å². The molecule has 5 rings (SSSR count). The number of nitrogens with zero attached hydrogens (tertiary/aromatic N) is 3. The van der Waals surface area contributed by atoms with Crippen LogP contribution in [-0.2, 0) is 9.53 Å². The molecule has 0 bridgehead atoms. The maximum Gasteiger partial charge on any atom is 0.410 e. The largest absolute Gasteiger partial charge is 0.490 e. The van der Waals surface area contributed by atoms with Crippen molar-refractivity contribution in [1.29, 1.82) is 0 Å². The first-order chi connectivity index (χ1) is 21.3. The molecule has 7 nitrogen and oxygen atoms in total. The Morgan fingerprint density at radius 1 is 0.867 bits per heavy atom. The first-order valence-electron chi connectivity index (χ1n) is 16.8. The van der Waals surface area contributed by atoms with Gasteiger partial charge in [-0.2, -0.15) is 0 Å². The maximum absolute atomic E-state index is 15.3. The number of piperazine rings is 1. The molecule has 0 N–H and O–H groups in total. The summed E-state index contributed by atoms with van der Waals surface area (Å²) in [6.45, 7) is 16.0. The lowest BCUT2D eigenvalue weighted by atomic mass is 9.82. The predicted octanol–water partition coefficient (Wildman–Crippen LogP) is 7.30. The standard InChI is InChI=1S/C37H52FN3O4/c1-36(2,3)32-24-40(20-21-41(32)33(42)22-26-16-18-39(19-17-26)35(43)45-37(4,5)6)34(28-10-8-7-9-11-28)29-14-15-31(30(38)23-29)44-25-27-12-13-27/h7-11,14-15,23,26-27,32,34H,12-13,16-22,24-25H2,1-6H3/t32-,34?/m1/s1. The van der Waals surface area contributed by atoms with Crippen LogP contribution in [0.5, 0.6) is 5.75 Å². The summed E-state index contributed by atoms with van der Waals surface area (Å²) in [5.41, 5.74) is 1.32. The van der Waals surface area contributed by atoms with Crippen LogP contribution < -0.4 is 4.74 Å². The second kappa shape index (κ2) is 13.7. The van der Waals surface area contributed by atoms with E-state index in [2.05, 4.69) is 42.7 Å². The second-order valence-electron chi connectivity index (χ2n) is 15.3. The highest BCUT2D eigenvalue weighted by Gasteiger charge is 2.41. The van der Waals surface area contributed by atoms with Gasteiger partial charge in [-0.05, 0) is 87.0 Å². The van der Waals surface area contributed by atoms with Crippen LogP contribution in [0.15, 0.2) is 48.5 Å². The van der Waals surface area contributed by atoms with Crippen LogP contribution in [-0.4, -0.2) is 77.7 Å². The Hall–Kier alpha value is -3.13. The van der Waals surface area contributed by atoms with Gasteiger partial charge in [0.15, 0.2) is 11.6 Å². The molecule has 2 atom stereocenters. The van der Waals surface area contributed by atoms with Gasteiger partial charge in [0.1, 0.15) is 5.60 Å². The summed E-state index contributed by atoms with van der Waals surface area (Å²) in [6.07, 6.45) is 4.13. The van der Waals surface area contributed by atoms with Gasteiger partial charge in [0, 0.05) is 45.2 Å². The summed E-state index contributed by atoms with van der Waals surface area (Å²) >= 11 is 0. The van der Waals surface area contributed by atoms with E-state index in [1.807, 2.05) is 45.0 Å². The van der Waals surface area contributed by atoms with Crippen molar-refractivity contribution in [2.45, 2.75) is 91.3 Å². The van der Waals surface area contributed by atoms with Gasteiger partial charge in [0.25, 0.3) is 0 Å². The lowest BCUT2D eigenvalue weighted by molar-refractivity contribution is -0.141. The second-order valence-corrected chi connectivity index (χ2v) is 15.3. The Morgan fingerprint density at radius 3 is 2.16 bits per heavy atom. The van der Waals surface area contributed by atoms with Crippen LogP contribution in [0, 0.1) is 23.1 Å². The van der Waals surface area contributed by atoms with E-state index in [0.717, 1.165) is 36.8 Å². The first kappa shape index (κ1) is 33.2. The fraction of sp³-hybridized carbons (Fsp3) is 0.622. The van der Waals surface area contributed by atoms with Gasteiger partial charge in [-0.15, -0.1) is 0 Å². The van der Waals surface area contributed by atoms with Gasteiger partial charge < -0.3 is 19.3 Å². The molecule has 1 aliphatic carbocycles. The van der Waals surface area contributed by atoms with Crippen molar-refractivity contribution in [2.75, 3.05) is 39.3 Å². The predicted molar refractivity (Wildman–Crippen MR) is 175 cm³/mol. The van der Waals surface area contributed by atoms with Gasteiger partial charge in [-0.25, -0.2) is 9.18 Å². The molecule has 0 aromatic heterocycles. The number of carbonyl (C=O) groups excluding carboxylic acids is 2. The number of ether oxygens (including phenoxy) is 2. The Labute approximate surface area is 269 Å². The summed E-state index contributed by atoms with van der Waals surface area (Å²) in [7, 11) is 0. The normalized spacial score (nSPS) is 21.0. The first-order valence-corrected chi connectivity index (χ1v) is 16.8. The van der Waals surface area contributed by atoms with E-state index in [0.29, 0.717) is 57.4 Å². The van der Waals surface area contributed by atoms with Crippen molar-refractivity contribution in [3.8, 4) is 5.75 Å². The van der Waals surface area contributed by atoms with Gasteiger partial charge in [-0.3, -0.25) is 9.69 Å². The smallest absolute Gasteiger partial charge is 0.410 e. The van der Waals surface area contributed by atoms with E-state index in [4.69, 9.17) is 9.47 Å². The zero-order valence-corrected chi connectivity index (χ0v) is 28.1. The quantitative estimate of drug-likeness (QED) is 0.310. The molecule has 1 unspecified atom stereocenters. The Bertz CT molecular complexity index is 1310. The average molecular weight is 622 g/mol. The Balaban J connectivity index is 1.28. The monoisotopic (exact) mass is 621 g/mol. The number of carbonyl (C=O) groups is 2. The van der Waals surface area contributed by atoms with E-state index in [-0.39, 0.29) is 41.2 Å². The minimum atomic E-state index is -0.519. The molecule has 2 heterocycles. The molecule has 2 aliphatic heterocycles. The van der Waals surface area contributed by atoms with Crippen LogP contribution in [0.3, 0.4) is 0 Å². The number of amides is 2. The molecular weight excluding hydrogens is 569 g/mol. The van der Waals surface area contributed by atoms with E-state index in [1.54, 1.807) is 17.0 Å². The number of hydrogen-bond acceptors (Lipinski definition) is 5. The zero-order chi connectivity index (χ0) is 32.4. The number of likely N-dealkylation sites (tertiary alicyclic amines) is 1. The molecule has 0 radical (unpaired) electrons. The molecule has 45 heavy (non-hydrogen) atoms. The fourth-order valence-corrected chi connectivity index (χ4v) is 6.63. The summed E-state index contributed by atoms with van der Waals surface area (Å²) in [5.74, 6) is 0.977. The van der Waals surface area contributed by atoms with Crippen molar-refractivity contribution in [1.82, 2.24) is 14.7 Å². The van der Waals surface area contributed by atoms with Crippen LogP contribution in [0.1, 0.15) is 90.8 Å². The Morgan fingerprint density at radius 2 is 1.56 bits per heavy atom. The highest BCUT2D eigenvalue weighted by atomic mass is 19.1. The summed E-state index contributed by atoms with van der Waals surface area (Å²) in [4.78, 5) is 32.7. The highest BCUT2D eigenvalue weighted by Crippen LogP contribution is 2.37. The van der Waals surface area contributed by atoms with Gasteiger partial charge in [0.05, 0.1) is 12.6 Å². The van der Waals surface area contributed by atoms with Crippen LogP contribution in [0.2, 0.25) is 0 Å². The molecule has 2 saturated heterocycles. The van der Waals surface area contributed by atoms with Crippen molar-refractivity contribution in [3.63, 3.8) is 0 Å². The summed E-state index contributed by atoms with van der Waals surface area (Å²) in [5, 5.41) is 0. The van der Waals surface area contributed by atoms with Crippen LogP contribution in [0.25, 0.3) is 0 Å². The lowest BCUT2D eigenvalue weighted by Gasteiger charge is -2.50. The molecule has 2 aromatic rings. The molecule has 3 aliphatic rings. The average Bonchev–Trinajstić information content (AvgIpc) is 3.81. The maximum atomic E-state index is 15.3. The van der Waals surface area contributed by atoms with Crippen molar-refractivity contribution >= 4 is 12.0 Å². The minimum absolute atomic E-state index is 0.00203. The van der Waals surface area contributed by atoms with E-state index < -0.39 is 5.60 Å². The number of piperidine rings is 1. The molecule has 1 saturated carbocycles. The van der Waals surface area contributed by atoms with Gasteiger partial charge >= 0.3 is 6.09 Å². The van der Waals surface area contributed by atoms with E-state index >= 15 is 4.39 Å².